The van der Waals surface area contributed by atoms with Crippen LogP contribution in [0.4, 0.5) is 5.69 Å². The molecule has 0 aliphatic carbocycles. The zero-order valence-electron chi connectivity index (χ0n) is 13.3. The highest BCUT2D eigenvalue weighted by Crippen LogP contribution is 2.31. The Balaban J connectivity index is 2.12. The maximum absolute atomic E-state index is 12.0. The van der Waals surface area contributed by atoms with Crippen LogP contribution < -0.4 is 19.5 Å². The summed E-state index contributed by atoms with van der Waals surface area (Å²) in [6, 6.07) is 12.6. The number of hydrogen-bond acceptors (Lipinski definition) is 4. The Labute approximate surface area is 135 Å². The fourth-order valence-electron chi connectivity index (χ4n) is 2.09. The monoisotopic (exact) mass is 313 g/mol. The molecule has 0 aliphatic rings. The molecule has 0 spiro atoms. The molecular weight excluding hydrogens is 294 g/mol. The average Bonchev–Trinajstić information content (AvgIpc) is 2.59. The predicted octanol–water partition coefficient (Wildman–Crippen LogP) is 3.36. The summed E-state index contributed by atoms with van der Waals surface area (Å²) in [5.41, 5.74) is 1.42. The largest absolute Gasteiger partial charge is 0.497 e. The molecule has 2 aromatic carbocycles. The standard InChI is InChI=1S/C18H19NO4/c1-21-15-8-5-7-14(12-15)19-17(20)11-10-13-6-4-9-16(22-2)18(13)23-3/h4-12H,1-3H3,(H,19,20). The molecule has 2 aromatic rings. The van der Waals surface area contributed by atoms with Gasteiger partial charge in [0.2, 0.25) is 5.91 Å². The van der Waals surface area contributed by atoms with Crippen LogP contribution in [-0.2, 0) is 4.79 Å². The lowest BCUT2D eigenvalue weighted by Crippen LogP contribution is -2.07. The molecule has 0 bridgehead atoms. The topological polar surface area (TPSA) is 56.8 Å². The molecule has 0 aromatic heterocycles. The number of ether oxygens (including phenoxy) is 3. The summed E-state index contributed by atoms with van der Waals surface area (Å²) in [6.07, 6.45) is 3.12. The average molecular weight is 313 g/mol. The highest BCUT2D eigenvalue weighted by Gasteiger charge is 2.07. The van der Waals surface area contributed by atoms with Gasteiger partial charge in [-0.05, 0) is 24.3 Å². The van der Waals surface area contributed by atoms with Crippen molar-refractivity contribution >= 4 is 17.7 Å². The van der Waals surface area contributed by atoms with Crippen LogP contribution in [0.2, 0.25) is 0 Å². The highest BCUT2D eigenvalue weighted by atomic mass is 16.5. The molecule has 120 valence electrons. The Hall–Kier alpha value is -2.95. The number of benzene rings is 2. The van der Waals surface area contributed by atoms with Crippen LogP contribution in [0.25, 0.3) is 6.08 Å². The van der Waals surface area contributed by atoms with E-state index >= 15 is 0 Å². The summed E-state index contributed by atoms with van der Waals surface area (Å²) >= 11 is 0. The molecule has 0 unspecified atom stereocenters. The van der Waals surface area contributed by atoms with E-state index in [9.17, 15) is 4.79 Å². The first-order valence-corrected chi connectivity index (χ1v) is 7.02. The molecule has 0 atom stereocenters. The van der Waals surface area contributed by atoms with E-state index in [4.69, 9.17) is 14.2 Å². The summed E-state index contributed by atoms with van der Waals surface area (Å²) in [6.45, 7) is 0. The summed E-state index contributed by atoms with van der Waals surface area (Å²) in [5, 5.41) is 2.78. The van der Waals surface area contributed by atoms with E-state index in [1.165, 1.54) is 6.08 Å². The number of anilines is 1. The van der Waals surface area contributed by atoms with Crippen LogP contribution in [0.1, 0.15) is 5.56 Å². The third-order valence-corrected chi connectivity index (χ3v) is 3.18. The predicted molar refractivity (Wildman–Crippen MR) is 90.2 cm³/mol. The van der Waals surface area contributed by atoms with Gasteiger partial charge in [0.15, 0.2) is 11.5 Å². The van der Waals surface area contributed by atoms with Gasteiger partial charge in [0.1, 0.15) is 5.75 Å². The van der Waals surface area contributed by atoms with Crippen molar-refractivity contribution in [2.24, 2.45) is 0 Å². The molecule has 0 saturated heterocycles. The minimum Gasteiger partial charge on any atom is -0.497 e. The van der Waals surface area contributed by atoms with Gasteiger partial charge in [-0.3, -0.25) is 4.79 Å². The van der Waals surface area contributed by atoms with Crippen LogP contribution in [-0.4, -0.2) is 27.2 Å². The van der Waals surface area contributed by atoms with Crippen molar-refractivity contribution in [3.63, 3.8) is 0 Å². The molecular formula is C18H19NO4. The molecule has 5 nitrogen and oxygen atoms in total. The molecule has 0 saturated carbocycles. The first-order valence-electron chi connectivity index (χ1n) is 7.02. The van der Waals surface area contributed by atoms with Crippen LogP contribution in [0, 0.1) is 0 Å². The lowest BCUT2D eigenvalue weighted by atomic mass is 10.1. The van der Waals surface area contributed by atoms with E-state index in [-0.39, 0.29) is 5.91 Å². The van der Waals surface area contributed by atoms with Gasteiger partial charge in [0, 0.05) is 23.4 Å². The van der Waals surface area contributed by atoms with E-state index in [0.29, 0.717) is 22.9 Å². The lowest BCUT2D eigenvalue weighted by Gasteiger charge is -2.09. The number of hydrogen-bond donors (Lipinski definition) is 1. The van der Waals surface area contributed by atoms with Crippen molar-refractivity contribution in [1.82, 2.24) is 0 Å². The fourth-order valence-corrected chi connectivity index (χ4v) is 2.09. The Bertz CT molecular complexity index is 710. The van der Waals surface area contributed by atoms with Gasteiger partial charge in [0.05, 0.1) is 21.3 Å². The van der Waals surface area contributed by atoms with E-state index < -0.39 is 0 Å². The zero-order valence-corrected chi connectivity index (χ0v) is 13.3. The van der Waals surface area contributed by atoms with Crippen LogP contribution >= 0.6 is 0 Å². The Morgan fingerprint density at radius 1 is 1.00 bits per heavy atom. The molecule has 0 radical (unpaired) electrons. The summed E-state index contributed by atoms with van der Waals surface area (Å²) in [7, 11) is 4.71. The minimum absolute atomic E-state index is 0.247. The second-order valence-electron chi connectivity index (χ2n) is 4.64. The van der Waals surface area contributed by atoms with E-state index in [1.54, 1.807) is 45.6 Å². The van der Waals surface area contributed by atoms with Crippen molar-refractivity contribution in [3.05, 3.63) is 54.1 Å². The summed E-state index contributed by atoms with van der Waals surface area (Å²) < 4.78 is 15.7. The summed E-state index contributed by atoms with van der Waals surface area (Å²) in [4.78, 5) is 12.0. The van der Waals surface area contributed by atoms with Crippen molar-refractivity contribution in [1.29, 1.82) is 0 Å². The third kappa shape index (κ3) is 4.26. The molecule has 0 fully saturated rings. The van der Waals surface area contributed by atoms with Gasteiger partial charge >= 0.3 is 0 Å². The number of nitrogens with one attached hydrogen (secondary N) is 1. The Morgan fingerprint density at radius 2 is 1.78 bits per heavy atom. The molecule has 0 aliphatic heterocycles. The van der Waals surface area contributed by atoms with Gasteiger partial charge in [0.25, 0.3) is 0 Å². The lowest BCUT2D eigenvalue weighted by molar-refractivity contribution is -0.111. The summed E-state index contributed by atoms with van der Waals surface area (Å²) in [5.74, 6) is 1.63. The maximum atomic E-state index is 12.0. The molecule has 0 heterocycles. The number of methoxy groups -OCH3 is 3. The number of rotatable bonds is 6. The van der Waals surface area contributed by atoms with Crippen molar-refractivity contribution < 1.29 is 19.0 Å². The van der Waals surface area contributed by atoms with E-state index in [2.05, 4.69) is 5.32 Å². The van der Waals surface area contributed by atoms with Crippen molar-refractivity contribution in [2.75, 3.05) is 26.6 Å². The van der Waals surface area contributed by atoms with Crippen LogP contribution in [0.5, 0.6) is 17.2 Å². The maximum Gasteiger partial charge on any atom is 0.248 e. The number of carbonyl (C=O) groups is 1. The first-order chi connectivity index (χ1) is 11.2. The van der Waals surface area contributed by atoms with Gasteiger partial charge in [-0.15, -0.1) is 0 Å². The van der Waals surface area contributed by atoms with Crippen molar-refractivity contribution in [3.8, 4) is 17.2 Å². The highest BCUT2D eigenvalue weighted by molar-refractivity contribution is 6.02. The van der Waals surface area contributed by atoms with Crippen molar-refractivity contribution in [2.45, 2.75) is 0 Å². The molecule has 1 N–H and O–H groups in total. The Kier molecular flexibility index (Phi) is 5.63. The van der Waals surface area contributed by atoms with Gasteiger partial charge in [-0.1, -0.05) is 18.2 Å². The number of para-hydroxylation sites is 1. The number of carbonyl (C=O) groups excluding carboxylic acids is 1. The smallest absolute Gasteiger partial charge is 0.248 e. The molecule has 2 rings (SSSR count). The first kappa shape index (κ1) is 16.4. The second-order valence-corrected chi connectivity index (χ2v) is 4.64. The SMILES string of the molecule is COc1cccc(NC(=O)C=Cc2cccc(OC)c2OC)c1. The molecule has 23 heavy (non-hydrogen) atoms. The van der Waals surface area contributed by atoms with Crippen LogP contribution in [0.15, 0.2) is 48.5 Å². The van der Waals surface area contributed by atoms with Crippen LogP contribution in [0.3, 0.4) is 0 Å². The van der Waals surface area contributed by atoms with Gasteiger partial charge < -0.3 is 19.5 Å². The van der Waals surface area contributed by atoms with Gasteiger partial charge in [-0.2, -0.15) is 0 Å². The third-order valence-electron chi connectivity index (χ3n) is 3.18. The Morgan fingerprint density at radius 3 is 2.48 bits per heavy atom. The van der Waals surface area contributed by atoms with E-state index in [0.717, 1.165) is 5.56 Å². The second kappa shape index (κ2) is 7.89. The minimum atomic E-state index is -0.247. The zero-order chi connectivity index (χ0) is 16.7. The van der Waals surface area contributed by atoms with Gasteiger partial charge in [-0.25, -0.2) is 0 Å². The quantitative estimate of drug-likeness (QED) is 0.831. The normalized spacial score (nSPS) is 10.4. The van der Waals surface area contributed by atoms with E-state index in [1.807, 2.05) is 24.3 Å². The molecule has 5 heteroatoms. The molecule has 1 amide bonds. The number of amides is 1. The fraction of sp³-hybridized carbons (Fsp3) is 0.167.